The maximum Gasteiger partial charge on any atom is 0.410 e. The molecular formula is C17H24N2O4. The van der Waals surface area contributed by atoms with Crippen LogP contribution in [0.1, 0.15) is 25.3 Å². The summed E-state index contributed by atoms with van der Waals surface area (Å²) in [4.78, 5) is 25.3. The lowest BCUT2D eigenvalue weighted by Crippen LogP contribution is -2.35. The standard InChI is InChI=1S/C17H24N2O4/c1-2-22-16(20)15(18)10-14-8-9-19(11-14)17(21)23-12-13-6-4-3-5-7-13/h3-7,14-15H,2,8-12,18H2,1H3. The highest BCUT2D eigenvalue weighted by Gasteiger charge is 2.30. The molecule has 1 heterocycles. The summed E-state index contributed by atoms with van der Waals surface area (Å²) in [6, 6.07) is 8.94. The summed E-state index contributed by atoms with van der Waals surface area (Å²) in [7, 11) is 0. The first-order valence-corrected chi connectivity index (χ1v) is 7.98. The zero-order valence-electron chi connectivity index (χ0n) is 13.4. The average molecular weight is 320 g/mol. The molecule has 1 amide bonds. The molecule has 6 nitrogen and oxygen atoms in total. The van der Waals surface area contributed by atoms with Gasteiger partial charge in [-0.15, -0.1) is 0 Å². The SMILES string of the molecule is CCOC(=O)C(N)CC1CCN(C(=O)OCc2ccccc2)C1. The molecule has 2 N–H and O–H groups in total. The quantitative estimate of drug-likeness (QED) is 0.810. The van der Waals surface area contributed by atoms with Crippen molar-refractivity contribution in [2.75, 3.05) is 19.7 Å². The van der Waals surface area contributed by atoms with Crippen LogP contribution in [0, 0.1) is 5.92 Å². The number of ether oxygens (including phenoxy) is 2. The zero-order valence-corrected chi connectivity index (χ0v) is 13.4. The molecule has 2 rings (SSSR count). The molecule has 0 aromatic heterocycles. The van der Waals surface area contributed by atoms with Gasteiger partial charge in [0.25, 0.3) is 0 Å². The molecule has 1 saturated heterocycles. The van der Waals surface area contributed by atoms with Crippen LogP contribution in [-0.2, 0) is 20.9 Å². The summed E-state index contributed by atoms with van der Waals surface area (Å²) in [6.45, 7) is 3.55. The van der Waals surface area contributed by atoms with Crippen molar-refractivity contribution < 1.29 is 19.1 Å². The van der Waals surface area contributed by atoms with Gasteiger partial charge in [-0.1, -0.05) is 30.3 Å². The summed E-state index contributed by atoms with van der Waals surface area (Å²) < 4.78 is 10.2. The predicted octanol–water partition coefficient (Wildman–Crippen LogP) is 1.93. The van der Waals surface area contributed by atoms with Crippen LogP contribution in [0.5, 0.6) is 0 Å². The number of hydrogen-bond acceptors (Lipinski definition) is 5. The summed E-state index contributed by atoms with van der Waals surface area (Å²) in [5, 5.41) is 0. The van der Waals surface area contributed by atoms with E-state index in [1.54, 1.807) is 11.8 Å². The number of carbonyl (C=O) groups is 2. The number of carbonyl (C=O) groups excluding carboxylic acids is 2. The largest absolute Gasteiger partial charge is 0.465 e. The Balaban J connectivity index is 1.73. The van der Waals surface area contributed by atoms with E-state index in [-0.39, 0.29) is 24.6 Å². The highest BCUT2D eigenvalue weighted by atomic mass is 16.6. The van der Waals surface area contributed by atoms with Crippen LogP contribution in [0.15, 0.2) is 30.3 Å². The molecule has 1 aromatic rings. The van der Waals surface area contributed by atoms with E-state index in [4.69, 9.17) is 15.2 Å². The van der Waals surface area contributed by atoms with Gasteiger partial charge in [0.1, 0.15) is 12.6 Å². The Morgan fingerprint density at radius 3 is 2.74 bits per heavy atom. The molecule has 1 aliphatic heterocycles. The molecule has 0 saturated carbocycles. The number of rotatable bonds is 6. The Hall–Kier alpha value is -2.08. The predicted molar refractivity (Wildman–Crippen MR) is 85.5 cm³/mol. The lowest BCUT2D eigenvalue weighted by molar-refractivity contribution is -0.145. The smallest absolute Gasteiger partial charge is 0.410 e. The van der Waals surface area contributed by atoms with Crippen molar-refractivity contribution in [2.45, 2.75) is 32.4 Å². The molecule has 1 aliphatic rings. The Morgan fingerprint density at radius 1 is 1.30 bits per heavy atom. The Kier molecular flexibility index (Phi) is 6.40. The van der Waals surface area contributed by atoms with Gasteiger partial charge in [-0.05, 0) is 31.2 Å². The van der Waals surface area contributed by atoms with E-state index in [2.05, 4.69) is 0 Å². The van der Waals surface area contributed by atoms with E-state index in [9.17, 15) is 9.59 Å². The number of benzene rings is 1. The molecular weight excluding hydrogens is 296 g/mol. The molecule has 126 valence electrons. The Morgan fingerprint density at radius 2 is 2.04 bits per heavy atom. The number of esters is 1. The van der Waals surface area contributed by atoms with E-state index in [1.807, 2.05) is 30.3 Å². The number of hydrogen-bond donors (Lipinski definition) is 1. The van der Waals surface area contributed by atoms with Gasteiger partial charge in [0.15, 0.2) is 0 Å². The summed E-state index contributed by atoms with van der Waals surface area (Å²) >= 11 is 0. The number of nitrogens with two attached hydrogens (primary N) is 1. The van der Waals surface area contributed by atoms with Gasteiger partial charge in [0, 0.05) is 13.1 Å². The van der Waals surface area contributed by atoms with Gasteiger partial charge in [0.05, 0.1) is 6.61 Å². The van der Waals surface area contributed by atoms with Crippen LogP contribution in [0.25, 0.3) is 0 Å². The molecule has 2 unspecified atom stereocenters. The van der Waals surface area contributed by atoms with Crippen LogP contribution in [0.2, 0.25) is 0 Å². The van der Waals surface area contributed by atoms with Crippen LogP contribution >= 0.6 is 0 Å². The fourth-order valence-corrected chi connectivity index (χ4v) is 2.71. The molecule has 2 atom stereocenters. The first-order valence-electron chi connectivity index (χ1n) is 7.98. The Labute approximate surface area is 136 Å². The number of amides is 1. The van der Waals surface area contributed by atoms with Crippen molar-refractivity contribution in [3.8, 4) is 0 Å². The molecule has 1 aromatic carbocycles. The minimum Gasteiger partial charge on any atom is -0.465 e. The third-order valence-electron chi connectivity index (χ3n) is 3.93. The lowest BCUT2D eigenvalue weighted by atomic mass is 10.00. The molecule has 0 radical (unpaired) electrons. The highest BCUT2D eigenvalue weighted by Crippen LogP contribution is 2.22. The average Bonchev–Trinajstić information content (AvgIpc) is 3.02. The van der Waals surface area contributed by atoms with Gasteiger partial charge < -0.3 is 20.1 Å². The number of nitrogens with zero attached hydrogens (tertiary/aromatic N) is 1. The van der Waals surface area contributed by atoms with Crippen molar-refractivity contribution in [2.24, 2.45) is 11.7 Å². The second kappa shape index (κ2) is 8.53. The fourth-order valence-electron chi connectivity index (χ4n) is 2.71. The summed E-state index contributed by atoms with van der Waals surface area (Å²) in [5.74, 6) is -0.170. The summed E-state index contributed by atoms with van der Waals surface area (Å²) in [6.07, 6.45) is 1.04. The molecule has 6 heteroatoms. The van der Waals surface area contributed by atoms with Crippen molar-refractivity contribution in [1.29, 1.82) is 0 Å². The van der Waals surface area contributed by atoms with E-state index >= 15 is 0 Å². The molecule has 23 heavy (non-hydrogen) atoms. The van der Waals surface area contributed by atoms with Crippen LogP contribution in [-0.4, -0.2) is 42.7 Å². The van der Waals surface area contributed by atoms with E-state index in [1.165, 1.54) is 0 Å². The lowest BCUT2D eigenvalue weighted by Gasteiger charge is -2.18. The highest BCUT2D eigenvalue weighted by molar-refractivity contribution is 5.75. The van der Waals surface area contributed by atoms with E-state index < -0.39 is 6.04 Å². The number of likely N-dealkylation sites (tertiary alicyclic amines) is 1. The molecule has 0 aliphatic carbocycles. The minimum atomic E-state index is -0.625. The maximum atomic E-state index is 12.1. The van der Waals surface area contributed by atoms with E-state index in [0.29, 0.717) is 26.1 Å². The van der Waals surface area contributed by atoms with E-state index in [0.717, 1.165) is 12.0 Å². The second-order valence-corrected chi connectivity index (χ2v) is 5.74. The normalized spacial score (nSPS) is 18.5. The molecule has 1 fully saturated rings. The first-order chi connectivity index (χ1) is 11.1. The fraction of sp³-hybridized carbons (Fsp3) is 0.529. The second-order valence-electron chi connectivity index (χ2n) is 5.74. The van der Waals surface area contributed by atoms with Gasteiger partial charge in [0.2, 0.25) is 0 Å². The van der Waals surface area contributed by atoms with Crippen LogP contribution < -0.4 is 5.73 Å². The zero-order chi connectivity index (χ0) is 16.7. The monoisotopic (exact) mass is 320 g/mol. The summed E-state index contributed by atoms with van der Waals surface area (Å²) in [5.41, 5.74) is 6.79. The van der Waals surface area contributed by atoms with Crippen molar-refractivity contribution in [3.63, 3.8) is 0 Å². The van der Waals surface area contributed by atoms with Gasteiger partial charge >= 0.3 is 12.1 Å². The third-order valence-corrected chi connectivity index (χ3v) is 3.93. The topological polar surface area (TPSA) is 81.9 Å². The van der Waals surface area contributed by atoms with Crippen LogP contribution in [0.3, 0.4) is 0 Å². The van der Waals surface area contributed by atoms with Crippen molar-refractivity contribution in [3.05, 3.63) is 35.9 Å². The van der Waals surface area contributed by atoms with Gasteiger partial charge in [-0.25, -0.2) is 4.79 Å². The first kappa shape index (κ1) is 17.3. The molecule has 0 bridgehead atoms. The van der Waals surface area contributed by atoms with Crippen molar-refractivity contribution in [1.82, 2.24) is 4.90 Å². The van der Waals surface area contributed by atoms with Gasteiger partial charge in [-0.2, -0.15) is 0 Å². The maximum absolute atomic E-state index is 12.1. The van der Waals surface area contributed by atoms with Crippen LogP contribution in [0.4, 0.5) is 4.79 Å². The minimum absolute atomic E-state index is 0.207. The third kappa shape index (κ3) is 5.25. The Bertz CT molecular complexity index is 521. The van der Waals surface area contributed by atoms with Crippen molar-refractivity contribution >= 4 is 12.1 Å². The van der Waals surface area contributed by atoms with Gasteiger partial charge in [-0.3, -0.25) is 4.79 Å². The molecule has 0 spiro atoms.